The quantitative estimate of drug-likeness (QED) is 0.738. The van der Waals surface area contributed by atoms with Crippen molar-refractivity contribution in [2.24, 2.45) is 0 Å². The topological polar surface area (TPSA) is 20.2 Å². The first kappa shape index (κ1) is 11.7. The normalized spacial score (nSPS) is 17.1. The number of hydrogen-bond acceptors (Lipinski definition) is 2. The number of nitrogens with one attached hydrogen (secondary N) is 1. The highest BCUT2D eigenvalue weighted by molar-refractivity contribution is 5.06. The van der Waals surface area contributed by atoms with Gasteiger partial charge in [0.2, 0.25) is 0 Å². The van der Waals surface area contributed by atoms with Crippen LogP contribution in [0.5, 0.6) is 0 Å². The van der Waals surface area contributed by atoms with E-state index in [0.717, 1.165) is 19.6 Å². The van der Waals surface area contributed by atoms with Crippen molar-refractivity contribution in [2.45, 2.75) is 32.9 Å². The van der Waals surface area contributed by atoms with Crippen LogP contribution in [0.4, 0.5) is 0 Å². The lowest BCUT2D eigenvalue weighted by Gasteiger charge is -2.15. The predicted octanol–water partition coefficient (Wildman–Crippen LogP) is 1.69. The molecule has 1 aromatic rings. The smallest absolute Gasteiger partial charge is 0.0359 e. The molecule has 0 aromatic carbocycles. The molecule has 1 aromatic heterocycles. The third kappa shape index (κ3) is 3.09. The Balaban J connectivity index is 1.64. The summed E-state index contributed by atoms with van der Waals surface area (Å²) in [6.07, 6.45) is 4.93. The zero-order valence-electron chi connectivity index (χ0n) is 10.3. The van der Waals surface area contributed by atoms with Gasteiger partial charge in [0.05, 0.1) is 0 Å². The maximum absolute atomic E-state index is 3.53. The van der Waals surface area contributed by atoms with Gasteiger partial charge in [-0.1, -0.05) is 0 Å². The van der Waals surface area contributed by atoms with Gasteiger partial charge < -0.3 is 14.8 Å². The SMILES string of the molecule is CCn1cccc1CNCCN1CCCC1. The van der Waals surface area contributed by atoms with Crippen LogP contribution in [-0.4, -0.2) is 35.6 Å². The highest BCUT2D eigenvalue weighted by Gasteiger charge is 2.10. The first-order valence-electron chi connectivity index (χ1n) is 6.47. The molecule has 0 bridgehead atoms. The van der Waals surface area contributed by atoms with E-state index in [1.165, 1.54) is 38.2 Å². The molecule has 0 radical (unpaired) electrons. The molecular formula is C13H23N3. The molecule has 0 spiro atoms. The van der Waals surface area contributed by atoms with Gasteiger partial charge in [-0.3, -0.25) is 0 Å². The monoisotopic (exact) mass is 221 g/mol. The van der Waals surface area contributed by atoms with Crippen molar-refractivity contribution in [3.05, 3.63) is 24.0 Å². The van der Waals surface area contributed by atoms with Crippen molar-refractivity contribution in [2.75, 3.05) is 26.2 Å². The average Bonchev–Trinajstić information content (AvgIpc) is 2.95. The molecule has 0 atom stereocenters. The van der Waals surface area contributed by atoms with Gasteiger partial charge in [0.25, 0.3) is 0 Å². The van der Waals surface area contributed by atoms with Crippen LogP contribution in [0.15, 0.2) is 18.3 Å². The highest BCUT2D eigenvalue weighted by Crippen LogP contribution is 2.06. The second-order valence-corrected chi connectivity index (χ2v) is 4.51. The van der Waals surface area contributed by atoms with Crippen LogP contribution >= 0.6 is 0 Å². The summed E-state index contributed by atoms with van der Waals surface area (Å²) in [7, 11) is 0. The van der Waals surface area contributed by atoms with Gasteiger partial charge in [-0.25, -0.2) is 0 Å². The lowest BCUT2D eigenvalue weighted by atomic mass is 10.4. The lowest BCUT2D eigenvalue weighted by Crippen LogP contribution is -2.30. The Kier molecular flexibility index (Phi) is 4.43. The minimum atomic E-state index is 0.995. The Morgan fingerprint density at radius 2 is 2.12 bits per heavy atom. The van der Waals surface area contributed by atoms with E-state index in [-0.39, 0.29) is 0 Å². The molecule has 1 saturated heterocycles. The van der Waals surface area contributed by atoms with Gasteiger partial charge in [0.15, 0.2) is 0 Å². The van der Waals surface area contributed by atoms with Crippen molar-refractivity contribution >= 4 is 0 Å². The minimum Gasteiger partial charge on any atom is -0.351 e. The van der Waals surface area contributed by atoms with Gasteiger partial charge in [0, 0.05) is 38.1 Å². The summed E-state index contributed by atoms with van der Waals surface area (Å²) >= 11 is 0. The molecule has 3 heteroatoms. The van der Waals surface area contributed by atoms with Crippen LogP contribution < -0.4 is 5.32 Å². The van der Waals surface area contributed by atoms with Gasteiger partial charge in [-0.05, 0) is 45.0 Å². The average molecular weight is 221 g/mol. The first-order chi connectivity index (χ1) is 7.90. The van der Waals surface area contributed by atoms with Gasteiger partial charge in [-0.15, -0.1) is 0 Å². The van der Waals surface area contributed by atoms with Crippen LogP contribution in [0.2, 0.25) is 0 Å². The number of likely N-dealkylation sites (tertiary alicyclic amines) is 1. The molecule has 3 nitrogen and oxygen atoms in total. The fourth-order valence-corrected chi connectivity index (χ4v) is 2.38. The van der Waals surface area contributed by atoms with Gasteiger partial charge in [0.1, 0.15) is 0 Å². The van der Waals surface area contributed by atoms with Gasteiger partial charge >= 0.3 is 0 Å². The molecule has 90 valence electrons. The van der Waals surface area contributed by atoms with Crippen molar-refractivity contribution in [3.8, 4) is 0 Å². The van der Waals surface area contributed by atoms with Crippen LogP contribution in [0.1, 0.15) is 25.5 Å². The van der Waals surface area contributed by atoms with E-state index in [1.54, 1.807) is 0 Å². The lowest BCUT2D eigenvalue weighted by molar-refractivity contribution is 0.335. The molecule has 0 amide bonds. The summed E-state index contributed by atoms with van der Waals surface area (Å²) in [5.41, 5.74) is 1.39. The first-order valence-corrected chi connectivity index (χ1v) is 6.47. The summed E-state index contributed by atoms with van der Waals surface area (Å²) in [4.78, 5) is 2.55. The zero-order chi connectivity index (χ0) is 11.2. The molecule has 1 N–H and O–H groups in total. The summed E-state index contributed by atoms with van der Waals surface area (Å²) in [5, 5.41) is 3.53. The van der Waals surface area contributed by atoms with E-state index in [0.29, 0.717) is 0 Å². The number of nitrogens with zero attached hydrogens (tertiary/aromatic N) is 2. The van der Waals surface area contributed by atoms with Crippen LogP contribution in [0.25, 0.3) is 0 Å². The maximum atomic E-state index is 3.53. The highest BCUT2D eigenvalue weighted by atomic mass is 15.1. The Morgan fingerprint density at radius 3 is 2.88 bits per heavy atom. The standard InChI is InChI=1S/C13H23N3/c1-2-16-10-5-6-13(16)12-14-7-11-15-8-3-4-9-15/h5-6,10,14H,2-4,7-9,11-12H2,1H3. The fourth-order valence-electron chi connectivity index (χ4n) is 2.38. The van der Waals surface area contributed by atoms with Crippen molar-refractivity contribution in [1.82, 2.24) is 14.8 Å². The number of aromatic nitrogens is 1. The van der Waals surface area contributed by atoms with Gasteiger partial charge in [-0.2, -0.15) is 0 Å². The Labute approximate surface area is 98.4 Å². The second-order valence-electron chi connectivity index (χ2n) is 4.51. The predicted molar refractivity (Wildman–Crippen MR) is 67.5 cm³/mol. The number of hydrogen-bond donors (Lipinski definition) is 1. The number of rotatable bonds is 6. The van der Waals surface area contributed by atoms with Crippen LogP contribution in [-0.2, 0) is 13.1 Å². The summed E-state index contributed by atoms with van der Waals surface area (Å²) in [6.45, 7) is 9.15. The summed E-state index contributed by atoms with van der Waals surface area (Å²) < 4.78 is 2.29. The molecular weight excluding hydrogens is 198 g/mol. The largest absolute Gasteiger partial charge is 0.351 e. The molecule has 0 unspecified atom stereocenters. The maximum Gasteiger partial charge on any atom is 0.0359 e. The molecule has 0 aliphatic carbocycles. The molecule has 1 fully saturated rings. The molecule has 2 heterocycles. The summed E-state index contributed by atoms with van der Waals surface area (Å²) in [6, 6.07) is 4.33. The molecule has 1 aliphatic heterocycles. The van der Waals surface area contributed by atoms with E-state index in [4.69, 9.17) is 0 Å². The van der Waals surface area contributed by atoms with E-state index in [2.05, 4.69) is 40.0 Å². The molecule has 2 rings (SSSR count). The Morgan fingerprint density at radius 1 is 1.31 bits per heavy atom. The molecule has 16 heavy (non-hydrogen) atoms. The minimum absolute atomic E-state index is 0.995. The Hall–Kier alpha value is -0.800. The van der Waals surface area contributed by atoms with Crippen molar-refractivity contribution < 1.29 is 0 Å². The third-order valence-corrected chi connectivity index (χ3v) is 3.37. The number of aryl methyl sites for hydroxylation is 1. The molecule has 1 aliphatic rings. The van der Waals surface area contributed by atoms with Crippen LogP contribution in [0, 0.1) is 0 Å². The second kappa shape index (κ2) is 6.06. The van der Waals surface area contributed by atoms with E-state index in [1.807, 2.05) is 0 Å². The van der Waals surface area contributed by atoms with Crippen molar-refractivity contribution in [1.29, 1.82) is 0 Å². The molecule has 0 saturated carbocycles. The van der Waals surface area contributed by atoms with Crippen LogP contribution in [0.3, 0.4) is 0 Å². The van der Waals surface area contributed by atoms with Crippen molar-refractivity contribution in [3.63, 3.8) is 0 Å². The fraction of sp³-hybridized carbons (Fsp3) is 0.692. The van der Waals surface area contributed by atoms with E-state index in [9.17, 15) is 0 Å². The zero-order valence-corrected chi connectivity index (χ0v) is 10.3. The van der Waals surface area contributed by atoms with E-state index < -0.39 is 0 Å². The Bertz CT molecular complexity index is 300. The third-order valence-electron chi connectivity index (χ3n) is 3.37. The van der Waals surface area contributed by atoms with E-state index >= 15 is 0 Å². The summed E-state index contributed by atoms with van der Waals surface area (Å²) in [5.74, 6) is 0.